The van der Waals surface area contributed by atoms with Gasteiger partial charge in [0, 0.05) is 72.5 Å². The van der Waals surface area contributed by atoms with E-state index in [0.717, 1.165) is 95.2 Å². The zero-order valence-electron chi connectivity index (χ0n) is 40.7. The predicted octanol–water partition coefficient (Wildman–Crippen LogP) is 7.62. The average molecular weight is 975 g/mol. The molecule has 2 aromatic heterocycles. The number of benzene rings is 3. The number of imide groups is 1. The number of pyridine rings is 1. The molecule has 2 amide bonds. The van der Waals surface area contributed by atoms with Crippen LogP contribution in [0.4, 0.5) is 14.6 Å². The van der Waals surface area contributed by atoms with Gasteiger partial charge < -0.3 is 25.0 Å². The Morgan fingerprint density at radius 3 is 2.43 bits per heavy atom. The van der Waals surface area contributed by atoms with E-state index in [0.29, 0.717) is 67.4 Å². The van der Waals surface area contributed by atoms with Crippen LogP contribution < -0.4 is 20.3 Å². The Bertz CT molecular complexity index is 3100. The molecule has 12 rings (SSSR count). The second-order valence-electron chi connectivity index (χ2n) is 21.8. The van der Waals surface area contributed by atoms with E-state index in [1.165, 1.54) is 35.4 Å². The summed E-state index contributed by atoms with van der Waals surface area (Å²) in [6.07, 6.45) is 18.2. The zero-order chi connectivity index (χ0) is 49.4. The Balaban J connectivity index is 0.678. The molecule has 15 heteroatoms. The van der Waals surface area contributed by atoms with Crippen molar-refractivity contribution in [1.82, 2.24) is 35.4 Å². The Kier molecular flexibility index (Phi) is 12.1. The van der Waals surface area contributed by atoms with Crippen LogP contribution in [0.1, 0.15) is 105 Å². The van der Waals surface area contributed by atoms with Crippen molar-refractivity contribution in [2.24, 2.45) is 17.3 Å². The Labute approximate surface area is 417 Å². The number of phenols is 1. The van der Waals surface area contributed by atoms with Crippen LogP contribution in [0.25, 0.3) is 38.5 Å². The third-order valence-electron chi connectivity index (χ3n) is 17.0. The number of aromatic hydroxyl groups is 1. The molecule has 3 N–H and O–H groups in total. The Hall–Kier alpha value is -6.34. The molecule has 0 spiro atoms. The van der Waals surface area contributed by atoms with Gasteiger partial charge in [0.25, 0.3) is 0 Å². The minimum atomic E-state index is -0.742. The lowest BCUT2D eigenvalue weighted by atomic mass is 9.84. The summed E-state index contributed by atoms with van der Waals surface area (Å²) in [5, 5.41) is 18.0. The number of ether oxygens (including phenoxy) is 1. The number of carbonyl (C=O) groups excluding carboxylic acids is 3. The number of phenolic OH excluding ortho intramolecular Hbond substituents is 1. The third kappa shape index (κ3) is 8.79. The molecule has 4 unspecified atom stereocenters. The number of nitrogens with one attached hydrogen (secondary N) is 2. The number of ketones is 1. The summed E-state index contributed by atoms with van der Waals surface area (Å²) >= 11 is 0. The Morgan fingerprint density at radius 2 is 1.69 bits per heavy atom. The monoisotopic (exact) mass is 974 g/mol. The van der Waals surface area contributed by atoms with Gasteiger partial charge in [-0.25, -0.2) is 8.78 Å². The second-order valence-corrected chi connectivity index (χ2v) is 21.8. The van der Waals surface area contributed by atoms with Gasteiger partial charge in [0.15, 0.2) is 5.82 Å². The van der Waals surface area contributed by atoms with Gasteiger partial charge in [0.1, 0.15) is 34.4 Å². The van der Waals surface area contributed by atoms with E-state index in [1.54, 1.807) is 6.20 Å². The lowest BCUT2D eigenvalue weighted by Crippen LogP contribution is -2.51. The average Bonchev–Trinajstić information content (AvgIpc) is 3.96. The number of anilines is 1. The molecule has 2 bridgehead atoms. The number of piperazine rings is 1. The number of rotatable bonds is 12. The van der Waals surface area contributed by atoms with Crippen molar-refractivity contribution in [1.29, 1.82) is 0 Å². The molecule has 372 valence electrons. The summed E-state index contributed by atoms with van der Waals surface area (Å²) in [6, 6.07) is 12.9. The number of amides is 2. The summed E-state index contributed by atoms with van der Waals surface area (Å²) in [7, 11) is 0. The van der Waals surface area contributed by atoms with Gasteiger partial charge in [-0.3, -0.25) is 29.6 Å². The number of allylic oxidation sites excluding steroid dienone is 1. The standard InChI is InChI=1S/C57H60F2N8O5/c1-3-40-47(58)10-5-36-23-39(68)25-45(50(36)40)52-51(59)53-46(26-60-52)54(67-27-37-6-7-38(28-67)61-37)64-56(63-53)72-31-57(16-17-57)30-66-20-14-34(15-21-66)48(69)29-65-18-12-33(13-19-65)35-4-8-41-43(24-35)32(2)22-44(41)42-9-11-49(70)62-55(42)71/h1,4-5,8,10,22-26,32-34,37-38,42,61,68H,6-7,9,11-21,27-31H2,2H3,(H,62,70,71). The highest BCUT2D eigenvalue weighted by molar-refractivity contribution is 6.05. The first kappa shape index (κ1) is 46.7. The molecule has 5 saturated heterocycles. The summed E-state index contributed by atoms with van der Waals surface area (Å²) in [5.74, 6) is 1.81. The van der Waals surface area contributed by atoms with Gasteiger partial charge in [0.05, 0.1) is 30.0 Å². The van der Waals surface area contributed by atoms with E-state index in [9.17, 15) is 19.5 Å². The molecule has 5 aliphatic heterocycles. The first-order chi connectivity index (χ1) is 34.9. The summed E-state index contributed by atoms with van der Waals surface area (Å²) < 4.78 is 38.7. The van der Waals surface area contributed by atoms with Crippen LogP contribution in [0.15, 0.2) is 54.7 Å². The fraction of sp³-hybridized carbons (Fsp3) is 0.474. The number of nitrogens with zero attached hydrogens (tertiary/aromatic N) is 6. The van der Waals surface area contributed by atoms with E-state index in [1.807, 2.05) is 0 Å². The highest BCUT2D eigenvalue weighted by Gasteiger charge is 2.46. The molecule has 7 aliphatic rings. The number of hydrogen-bond donors (Lipinski definition) is 3. The van der Waals surface area contributed by atoms with Gasteiger partial charge in [-0.2, -0.15) is 9.97 Å². The van der Waals surface area contributed by atoms with Crippen molar-refractivity contribution >= 4 is 50.7 Å². The lowest BCUT2D eigenvalue weighted by Gasteiger charge is -2.36. The number of Topliss-reactive ketones (excluding diaryl/α,β-unsaturated/α-hetero) is 1. The van der Waals surface area contributed by atoms with E-state index < -0.39 is 11.6 Å². The molecule has 0 radical (unpaired) electrons. The number of fused-ring (bicyclic) bond motifs is 5. The number of terminal acetylenes is 1. The van der Waals surface area contributed by atoms with Crippen molar-refractivity contribution in [3.05, 3.63) is 88.6 Å². The molecule has 2 aliphatic carbocycles. The van der Waals surface area contributed by atoms with Gasteiger partial charge in [-0.05, 0) is 136 Å². The van der Waals surface area contributed by atoms with Crippen LogP contribution in [-0.4, -0.2) is 119 Å². The SMILES string of the molecule is C#Cc1c(F)ccc2cc(O)cc(-c3ncc4c(N5CC6CCC(C5)N6)nc(OCC5(CN6CCC(C(=O)CN7CCC(c8ccc9c(c8)C(C)C=C9C8CCC(=O)NC8=O)CC7)CC6)CC5)nc4c3F)c12. The van der Waals surface area contributed by atoms with Gasteiger partial charge in [0.2, 0.25) is 11.8 Å². The fourth-order valence-electron chi connectivity index (χ4n) is 12.9. The van der Waals surface area contributed by atoms with E-state index in [4.69, 9.17) is 21.1 Å². The lowest BCUT2D eigenvalue weighted by molar-refractivity contribution is -0.134. The molecule has 5 aromatic rings. The van der Waals surface area contributed by atoms with Crippen LogP contribution >= 0.6 is 0 Å². The molecule has 4 atom stereocenters. The third-order valence-corrected chi connectivity index (χ3v) is 17.0. The van der Waals surface area contributed by atoms with Gasteiger partial charge >= 0.3 is 6.01 Å². The highest BCUT2D eigenvalue weighted by Crippen LogP contribution is 2.48. The maximum absolute atomic E-state index is 17.1. The quantitative estimate of drug-likeness (QED) is 0.0833. The number of likely N-dealkylation sites (tertiary alicyclic amines) is 2. The smallest absolute Gasteiger partial charge is 0.319 e. The maximum Gasteiger partial charge on any atom is 0.319 e. The number of aromatic nitrogens is 3. The van der Waals surface area contributed by atoms with E-state index in [-0.39, 0.29) is 86.6 Å². The summed E-state index contributed by atoms with van der Waals surface area (Å²) in [6.45, 7) is 8.72. The van der Waals surface area contributed by atoms with Crippen LogP contribution in [0.3, 0.4) is 0 Å². The van der Waals surface area contributed by atoms with Crippen molar-refractivity contribution in [2.45, 2.75) is 95.1 Å². The van der Waals surface area contributed by atoms with Crippen molar-refractivity contribution in [3.63, 3.8) is 0 Å². The normalized spacial score (nSPS) is 24.6. The molecule has 3 aromatic carbocycles. The van der Waals surface area contributed by atoms with Crippen LogP contribution in [0, 0.1) is 41.2 Å². The van der Waals surface area contributed by atoms with Crippen molar-refractivity contribution < 1.29 is 33.0 Å². The number of carbonyl (C=O) groups is 3. The van der Waals surface area contributed by atoms with Crippen molar-refractivity contribution in [2.75, 3.05) is 63.9 Å². The zero-order valence-corrected chi connectivity index (χ0v) is 40.7. The first-order valence-electron chi connectivity index (χ1n) is 26.0. The minimum Gasteiger partial charge on any atom is -0.508 e. The topological polar surface area (TPSA) is 153 Å². The molecule has 7 heterocycles. The van der Waals surface area contributed by atoms with Crippen LogP contribution in [0.2, 0.25) is 0 Å². The van der Waals surface area contributed by atoms with Crippen LogP contribution in [-0.2, 0) is 14.4 Å². The maximum atomic E-state index is 17.1. The molecule has 6 fully saturated rings. The number of hydrogen-bond acceptors (Lipinski definition) is 12. The first-order valence-corrected chi connectivity index (χ1v) is 26.0. The largest absolute Gasteiger partial charge is 0.508 e. The molecule has 13 nitrogen and oxygen atoms in total. The highest BCUT2D eigenvalue weighted by atomic mass is 19.1. The van der Waals surface area contributed by atoms with E-state index >= 15 is 8.78 Å². The second kappa shape index (κ2) is 18.6. The molecule has 1 saturated carbocycles. The van der Waals surface area contributed by atoms with Gasteiger partial charge in [-0.1, -0.05) is 43.2 Å². The fourth-order valence-corrected chi connectivity index (χ4v) is 12.9. The summed E-state index contributed by atoms with van der Waals surface area (Å²) in [5.41, 5.74) is 4.68. The molecular formula is C57H60F2N8O5. The molecular weight excluding hydrogens is 915 g/mol. The number of halogens is 2. The number of piperidine rings is 3. The minimum absolute atomic E-state index is 0.0250. The van der Waals surface area contributed by atoms with Crippen molar-refractivity contribution in [3.8, 4) is 35.4 Å². The van der Waals surface area contributed by atoms with Crippen LogP contribution in [0.5, 0.6) is 11.8 Å². The van der Waals surface area contributed by atoms with E-state index in [2.05, 4.69) is 67.4 Å². The summed E-state index contributed by atoms with van der Waals surface area (Å²) in [4.78, 5) is 59.4. The molecule has 72 heavy (non-hydrogen) atoms. The predicted molar refractivity (Wildman–Crippen MR) is 270 cm³/mol. The Morgan fingerprint density at radius 1 is 0.931 bits per heavy atom. The van der Waals surface area contributed by atoms with Gasteiger partial charge in [-0.15, -0.1) is 6.42 Å².